The third kappa shape index (κ3) is 4.77. The average Bonchev–Trinajstić information content (AvgIpc) is 2.78. The van der Waals surface area contributed by atoms with Crippen LogP contribution < -0.4 is 16.4 Å². The fourth-order valence-corrected chi connectivity index (χ4v) is 2.07. The van der Waals surface area contributed by atoms with E-state index < -0.39 is 11.7 Å². The molecule has 0 unspecified atom stereocenters. The van der Waals surface area contributed by atoms with Gasteiger partial charge >= 0.3 is 6.09 Å². The summed E-state index contributed by atoms with van der Waals surface area (Å²) in [6.45, 7) is 5.38. The number of amides is 2. The standard InChI is InChI=1S/C17H22N4O3/c1-17(2,3)24-16(23)20-13-7-5-12(6-8-13)19-15(22)14-9-11(18)10-21(14)4/h5-10H,18H2,1-4H3,(H,19,22)(H,20,23). The molecule has 0 fully saturated rings. The smallest absolute Gasteiger partial charge is 0.412 e. The van der Waals surface area contributed by atoms with Gasteiger partial charge in [-0.2, -0.15) is 0 Å². The van der Waals surface area contributed by atoms with Crippen LogP contribution in [-0.2, 0) is 11.8 Å². The number of anilines is 3. The van der Waals surface area contributed by atoms with Gasteiger partial charge in [-0.05, 0) is 51.1 Å². The molecule has 4 N–H and O–H groups in total. The number of nitrogens with zero attached hydrogens (tertiary/aromatic N) is 1. The van der Waals surface area contributed by atoms with Crippen molar-refractivity contribution in [2.75, 3.05) is 16.4 Å². The van der Waals surface area contributed by atoms with Gasteiger partial charge in [0.15, 0.2) is 0 Å². The molecular formula is C17H22N4O3. The molecule has 0 aliphatic heterocycles. The maximum Gasteiger partial charge on any atom is 0.412 e. The lowest BCUT2D eigenvalue weighted by atomic mass is 10.2. The minimum Gasteiger partial charge on any atom is -0.444 e. The number of carbonyl (C=O) groups excluding carboxylic acids is 2. The number of nitrogen functional groups attached to an aromatic ring is 1. The van der Waals surface area contributed by atoms with E-state index in [4.69, 9.17) is 10.5 Å². The Kier molecular flexibility index (Phi) is 4.82. The van der Waals surface area contributed by atoms with Crippen molar-refractivity contribution in [1.82, 2.24) is 4.57 Å². The molecule has 0 bridgehead atoms. The lowest BCUT2D eigenvalue weighted by Crippen LogP contribution is -2.27. The minimum absolute atomic E-state index is 0.262. The molecular weight excluding hydrogens is 308 g/mol. The van der Waals surface area contributed by atoms with E-state index in [1.807, 2.05) is 0 Å². The van der Waals surface area contributed by atoms with E-state index in [9.17, 15) is 9.59 Å². The lowest BCUT2D eigenvalue weighted by molar-refractivity contribution is 0.0635. The highest BCUT2D eigenvalue weighted by atomic mass is 16.6. The molecule has 2 rings (SSSR count). The van der Waals surface area contributed by atoms with E-state index in [2.05, 4.69) is 10.6 Å². The van der Waals surface area contributed by atoms with Gasteiger partial charge in [0.1, 0.15) is 11.3 Å². The Labute approximate surface area is 140 Å². The first-order chi connectivity index (χ1) is 11.1. The SMILES string of the molecule is Cn1cc(N)cc1C(=O)Nc1ccc(NC(=O)OC(C)(C)C)cc1. The third-order valence-electron chi connectivity index (χ3n) is 3.05. The molecule has 1 aromatic carbocycles. The first-order valence-electron chi connectivity index (χ1n) is 7.47. The molecule has 7 nitrogen and oxygen atoms in total. The number of aryl methyl sites for hydroxylation is 1. The highest BCUT2D eigenvalue weighted by Crippen LogP contribution is 2.17. The van der Waals surface area contributed by atoms with Crippen LogP contribution in [0, 0.1) is 0 Å². The van der Waals surface area contributed by atoms with Crippen LogP contribution >= 0.6 is 0 Å². The Morgan fingerprint density at radius 1 is 1.08 bits per heavy atom. The van der Waals surface area contributed by atoms with Crippen molar-refractivity contribution in [2.24, 2.45) is 7.05 Å². The number of ether oxygens (including phenoxy) is 1. The number of hydrogen-bond acceptors (Lipinski definition) is 4. The Hall–Kier alpha value is -2.96. The number of benzene rings is 1. The second-order valence-corrected chi connectivity index (χ2v) is 6.43. The fourth-order valence-electron chi connectivity index (χ4n) is 2.07. The lowest BCUT2D eigenvalue weighted by Gasteiger charge is -2.19. The van der Waals surface area contributed by atoms with Crippen LogP contribution in [0.1, 0.15) is 31.3 Å². The van der Waals surface area contributed by atoms with Crippen molar-refractivity contribution < 1.29 is 14.3 Å². The van der Waals surface area contributed by atoms with Gasteiger partial charge in [-0.1, -0.05) is 0 Å². The Morgan fingerprint density at radius 2 is 1.62 bits per heavy atom. The average molecular weight is 330 g/mol. The molecule has 0 saturated heterocycles. The highest BCUT2D eigenvalue weighted by Gasteiger charge is 2.16. The molecule has 2 aromatic rings. The van der Waals surface area contributed by atoms with E-state index in [-0.39, 0.29) is 5.91 Å². The summed E-state index contributed by atoms with van der Waals surface area (Å²) < 4.78 is 6.83. The zero-order chi connectivity index (χ0) is 17.9. The van der Waals surface area contributed by atoms with Gasteiger partial charge < -0.3 is 20.4 Å². The monoisotopic (exact) mass is 330 g/mol. The quantitative estimate of drug-likeness (QED) is 0.805. The van der Waals surface area contributed by atoms with Crippen LogP contribution in [0.2, 0.25) is 0 Å². The van der Waals surface area contributed by atoms with Crippen LogP contribution in [0.3, 0.4) is 0 Å². The van der Waals surface area contributed by atoms with Crippen molar-refractivity contribution in [1.29, 1.82) is 0 Å². The van der Waals surface area contributed by atoms with Gasteiger partial charge in [0, 0.05) is 24.6 Å². The molecule has 128 valence electrons. The van der Waals surface area contributed by atoms with Gasteiger partial charge in [0.2, 0.25) is 0 Å². The van der Waals surface area contributed by atoms with Crippen LogP contribution in [0.4, 0.5) is 21.9 Å². The van der Waals surface area contributed by atoms with E-state index in [1.165, 1.54) is 0 Å². The molecule has 2 amide bonds. The van der Waals surface area contributed by atoms with Crippen molar-refractivity contribution in [3.8, 4) is 0 Å². The summed E-state index contributed by atoms with van der Waals surface area (Å²) in [5.41, 5.74) is 7.28. The van der Waals surface area contributed by atoms with Crippen molar-refractivity contribution in [2.45, 2.75) is 26.4 Å². The largest absolute Gasteiger partial charge is 0.444 e. The maximum atomic E-state index is 12.2. The third-order valence-corrected chi connectivity index (χ3v) is 3.05. The summed E-state index contributed by atoms with van der Waals surface area (Å²) in [4.78, 5) is 23.9. The molecule has 0 spiro atoms. The van der Waals surface area contributed by atoms with Crippen molar-refractivity contribution in [3.63, 3.8) is 0 Å². The molecule has 0 aliphatic rings. The van der Waals surface area contributed by atoms with E-state index >= 15 is 0 Å². The van der Waals surface area contributed by atoms with E-state index in [0.29, 0.717) is 22.8 Å². The van der Waals surface area contributed by atoms with E-state index in [1.54, 1.807) is 68.9 Å². The van der Waals surface area contributed by atoms with Gasteiger partial charge in [-0.3, -0.25) is 10.1 Å². The number of nitrogens with two attached hydrogens (primary N) is 1. The normalized spacial score (nSPS) is 11.0. The Balaban J connectivity index is 1.98. The second-order valence-electron chi connectivity index (χ2n) is 6.43. The molecule has 0 aliphatic carbocycles. The van der Waals surface area contributed by atoms with Crippen molar-refractivity contribution in [3.05, 3.63) is 42.2 Å². The number of rotatable bonds is 3. The second kappa shape index (κ2) is 6.66. The predicted octanol–water partition coefficient (Wildman–Crippen LogP) is 3.21. The van der Waals surface area contributed by atoms with Gasteiger partial charge in [-0.15, -0.1) is 0 Å². The maximum absolute atomic E-state index is 12.2. The van der Waals surface area contributed by atoms with Crippen LogP contribution in [0.15, 0.2) is 36.5 Å². The number of hydrogen-bond donors (Lipinski definition) is 3. The van der Waals surface area contributed by atoms with E-state index in [0.717, 1.165) is 0 Å². The zero-order valence-corrected chi connectivity index (χ0v) is 14.2. The Morgan fingerprint density at radius 3 is 2.08 bits per heavy atom. The molecule has 0 saturated carbocycles. The van der Waals surface area contributed by atoms with Crippen LogP contribution in [0.5, 0.6) is 0 Å². The number of nitrogens with one attached hydrogen (secondary N) is 2. The molecule has 1 aromatic heterocycles. The number of aromatic nitrogens is 1. The molecule has 0 atom stereocenters. The number of carbonyl (C=O) groups is 2. The van der Waals surface area contributed by atoms with Crippen molar-refractivity contribution >= 4 is 29.1 Å². The predicted molar refractivity (Wildman–Crippen MR) is 94.1 cm³/mol. The summed E-state index contributed by atoms with van der Waals surface area (Å²) in [6.07, 6.45) is 1.14. The van der Waals surface area contributed by atoms with Gasteiger partial charge in [0.25, 0.3) is 5.91 Å². The van der Waals surface area contributed by atoms with Gasteiger partial charge in [0.05, 0.1) is 5.69 Å². The molecule has 1 heterocycles. The topological polar surface area (TPSA) is 98.4 Å². The first kappa shape index (κ1) is 17.4. The van der Waals surface area contributed by atoms with Gasteiger partial charge in [-0.25, -0.2) is 4.79 Å². The summed E-state index contributed by atoms with van der Waals surface area (Å²) in [7, 11) is 1.75. The molecule has 7 heteroatoms. The minimum atomic E-state index is -0.561. The molecule has 24 heavy (non-hydrogen) atoms. The highest BCUT2D eigenvalue weighted by molar-refractivity contribution is 6.04. The Bertz CT molecular complexity index is 742. The summed E-state index contributed by atoms with van der Waals surface area (Å²) in [5, 5.41) is 5.40. The summed E-state index contributed by atoms with van der Waals surface area (Å²) in [5.74, 6) is -0.262. The molecule has 0 radical (unpaired) electrons. The first-order valence-corrected chi connectivity index (χ1v) is 7.47. The fraction of sp³-hybridized carbons (Fsp3) is 0.294. The summed E-state index contributed by atoms with van der Waals surface area (Å²) >= 11 is 0. The zero-order valence-electron chi connectivity index (χ0n) is 14.2. The summed E-state index contributed by atoms with van der Waals surface area (Å²) in [6, 6.07) is 8.35. The van der Waals surface area contributed by atoms with Crippen LogP contribution in [-0.4, -0.2) is 22.2 Å². The van der Waals surface area contributed by atoms with Crippen LogP contribution in [0.25, 0.3) is 0 Å².